The van der Waals surface area contributed by atoms with Gasteiger partial charge < -0.3 is 15.0 Å². The fourth-order valence-corrected chi connectivity index (χ4v) is 4.06. The highest BCUT2D eigenvalue weighted by atomic mass is 19.1. The van der Waals surface area contributed by atoms with Gasteiger partial charge >= 0.3 is 6.09 Å². The van der Waals surface area contributed by atoms with Crippen molar-refractivity contribution in [2.24, 2.45) is 5.41 Å². The Hall–Kier alpha value is -3.42. The minimum atomic E-state index is -1.09. The van der Waals surface area contributed by atoms with E-state index in [1.807, 2.05) is 45.0 Å². The third kappa shape index (κ3) is 7.06. The minimum absolute atomic E-state index is 0.0230. The molecule has 0 spiro atoms. The molecule has 0 bridgehead atoms. The number of anilines is 1. The van der Waals surface area contributed by atoms with E-state index in [4.69, 9.17) is 4.74 Å². The molecule has 3 rings (SSSR count). The standard InChI is InChI=1S/C28H36FN3O4/c1-27(2,3)18-32-22-14-10-8-12-20(22)17-31(26(35)36-28(4,5)6)23(25(32)34)15-24(33)30-16-19-11-7-9-13-21(19)29/h7-14,23H,15-18H2,1-6H3,(H,30,33). The van der Waals surface area contributed by atoms with Gasteiger partial charge in [-0.3, -0.25) is 14.5 Å². The zero-order chi connectivity index (χ0) is 26.7. The molecule has 0 radical (unpaired) electrons. The van der Waals surface area contributed by atoms with Crippen LogP contribution in [0, 0.1) is 11.2 Å². The zero-order valence-corrected chi connectivity index (χ0v) is 21.9. The molecule has 0 aromatic heterocycles. The van der Waals surface area contributed by atoms with Gasteiger partial charge in [0.15, 0.2) is 0 Å². The van der Waals surface area contributed by atoms with Crippen molar-refractivity contribution in [2.45, 2.75) is 72.7 Å². The van der Waals surface area contributed by atoms with Crippen LogP contribution in [0.5, 0.6) is 0 Å². The van der Waals surface area contributed by atoms with Crippen LogP contribution in [-0.4, -0.2) is 41.0 Å². The molecule has 0 fully saturated rings. The molecule has 1 aliphatic heterocycles. The Bertz CT molecular complexity index is 1120. The van der Waals surface area contributed by atoms with Crippen LogP contribution < -0.4 is 10.2 Å². The van der Waals surface area contributed by atoms with Gasteiger partial charge in [0.1, 0.15) is 17.5 Å². The van der Waals surface area contributed by atoms with Crippen molar-refractivity contribution in [3.63, 3.8) is 0 Å². The Kier molecular flexibility index (Phi) is 8.06. The van der Waals surface area contributed by atoms with E-state index in [0.717, 1.165) is 5.56 Å². The number of hydrogen-bond acceptors (Lipinski definition) is 4. The number of nitrogens with one attached hydrogen (secondary N) is 1. The van der Waals surface area contributed by atoms with Crippen LogP contribution in [0.3, 0.4) is 0 Å². The number of hydrogen-bond donors (Lipinski definition) is 1. The lowest BCUT2D eigenvalue weighted by Gasteiger charge is -2.34. The number of para-hydroxylation sites is 1. The second kappa shape index (κ2) is 10.7. The second-order valence-electron chi connectivity index (χ2n) is 11.3. The van der Waals surface area contributed by atoms with Gasteiger partial charge in [0, 0.05) is 24.3 Å². The summed E-state index contributed by atoms with van der Waals surface area (Å²) < 4.78 is 19.6. The molecule has 1 N–H and O–H groups in total. The number of carbonyl (C=O) groups excluding carboxylic acids is 3. The molecule has 7 nitrogen and oxygen atoms in total. The first-order chi connectivity index (χ1) is 16.7. The Morgan fingerprint density at radius 1 is 1.03 bits per heavy atom. The number of carbonyl (C=O) groups is 3. The largest absolute Gasteiger partial charge is 0.444 e. The first-order valence-corrected chi connectivity index (χ1v) is 12.1. The maximum Gasteiger partial charge on any atom is 0.411 e. The third-order valence-electron chi connectivity index (χ3n) is 5.62. The van der Waals surface area contributed by atoms with Gasteiger partial charge in [0.05, 0.1) is 13.0 Å². The van der Waals surface area contributed by atoms with Crippen molar-refractivity contribution in [1.29, 1.82) is 0 Å². The number of benzene rings is 2. The summed E-state index contributed by atoms with van der Waals surface area (Å²) in [6, 6.07) is 12.5. The van der Waals surface area contributed by atoms with E-state index in [9.17, 15) is 18.8 Å². The number of ether oxygens (including phenoxy) is 1. The van der Waals surface area contributed by atoms with Crippen LogP contribution in [0.15, 0.2) is 48.5 Å². The summed E-state index contributed by atoms with van der Waals surface area (Å²) in [7, 11) is 0. The number of fused-ring (bicyclic) bond motifs is 1. The number of halogens is 1. The first-order valence-electron chi connectivity index (χ1n) is 12.1. The van der Waals surface area contributed by atoms with Gasteiger partial charge in [-0.2, -0.15) is 0 Å². The van der Waals surface area contributed by atoms with Gasteiger partial charge in [0.2, 0.25) is 11.8 Å². The highest BCUT2D eigenvalue weighted by Crippen LogP contribution is 2.32. The molecular weight excluding hydrogens is 461 g/mol. The first kappa shape index (κ1) is 27.2. The Balaban J connectivity index is 1.94. The minimum Gasteiger partial charge on any atom is -0.444 e. The number of rotatable bonds is 5. The van der Waals surface area contributed by atoms with E-state index in [2.05, 4.69) is 5.32 Å². The molecule has 1 unspecified atom stereocenters. The number of amides is 3. The lowest BCUT2D eigenvalue weighted by molar-refractivity contribution is -0.130. The molecule has 8 heteroatoms. The Labute approximate surface area is 212 Å². The fraction of sp³-hybridized carbons (Fsp3) is 0.464. The zero-order valence-electron chi connectivity index (χ0n) is 21.9. The highest BCUT2D eigenvalue weighted by molar-refractivity contribution is 6.02. The SMILES string of the molecule is CC(C)(C)CN1C(=O)C(CC(=O)NCc2ccccc2F)N(C(=O)OC(C)(C)C)Cc2ccccc21. The van der Waals surface area contributed by atoms with Crippen LogP contribution in [0.25, 0.3) is 0 Å². The highest BCUT2D eigenvalue weighted by Gasteiger charge is 2.41. The van der Waals surface area contributed by atoms with Gasteiger partial charge in [-0.05, 0) is 43.9 Å². The molecule has 1 aliphatic rings. The maximum atomic E-state index is 14.0. The monoisotopic (exact) mass is 497 g/mol. The van der Waals surface area contributed by atoms with Crippen molar-refractivity contribution in [3.05, 3.63) is 65.5 Å². The van der Waals surface area contributed by atoms with E-state index >= 15 is 0 Å². The average molecular weight is 498 g/mol. The second-order valence-corrected chi connectivity index (χ2v) is 11.3. The summed E-state index contributed by atoms with van der Waals surface area (Å²) in [6.07, 6.45) is -0.948. The van der Waals surface area contributed by atoms with Crippen molar-refractivity contribution in [3.8, 4) is 0 Å². The predicted molar refractivity (Wildman–Crippen MR) is 137 cm³/mol. The molecule has 0 saturated carbocycles. The van der Waals surface area contributed by atoms with Gasteiger partial charge in [-0.15, -0.1) is 0 Å². The number of nitrogens with zero attached hydrogens (tertiary/aromatic N) is 2. The van der Waals surface area contributed by atoms with Gasteiger partial charge in [-0.1, -0.05) is 57.2 Å². The molecule has 0 aliphatic carbocycles. The molecule has 3 amide bonds. The quantitative estimate of drug-likeness (QED) is 0.628. The fourth-order valence-electron chi connectivity index (χ4n) is 4.06. The maximum absolute atomic E-state index is 14.0. The van der Waals surface area contributed by atoms with E-state index in [1.54, 1.807) is 43.9 Å². The smallest absolute Gasteiger partial charge is 0.411 e. The van der Waals surface area contributed by atoms with Crippen molar-refractivity contribution in [1.82, 2.24) is 10.2 Å². The van der Waals surface area contributed by atoms with E-state index in [0.29, 0.717) is 17.8 Å². The van der Waals surface area contributed by atoms with Gasteiger partial charge in [-0.25, -0.2) is 9.18 Å². The van der Waals surface area contributed by atoms with Crippen LogP contribution in [0.4, 0.5) is 14.9 Å². The lowest BCUT2D eigenvalue weighted by Crippen LogP contribution is -2.53. The molecule has 2 aromatic carbocycles. The summed E-state index contributed by atoms with van der Waals surface area (Å²) in [6.45, 7) is 11.8. The molecule has 0 saturated heterocycles. The van der Waals surface area contributed by atoms with Crippen LogP contribution in [-0.2, 0) is 27.4 Å². The van der Waals surface area contributed by atoms with Gasteiger partial charge in [0.25, 0.3) is 0 Å². The summed E-state index contributed by atoms with van der Waals surface area (Å²) in [5.74, 6) is -1.25. The third-order valence-corrected chi connectivity index (χ3v) is 5.62. The topological polar surface area (TPSA) is 79.0 Å². The molecular formula is C28H36FN3O4. The average Bonchev–Trinajstić information content (AvgIpc) is 2.87. The van der Waals surface area contributed by atoms with Crippen molar-refractivity contribution >= 4 is 23.6 Å². The van der Waals surface area contributed by atoms with E-state index in [1.165, 1.54) is 11.0 Å². The van der Waals surface area contributed by atoms with Crippen LogP contribution >= 0.6 is 0 Å². The Morgan fingerprint density at radius 3 is 2.31 bits per heavy atom. The summed E-state index contributed by atoms with van der Waals surface area (Å²) in [5.41, 5.74) is 0.815. The lowest BCUT2D eigenvalue weighted by atomic mass is 9.95. The van der Waals surface area contributed by atoms with Crippen LogP contribution in [0.2, 0.25) is 0 Å². The normalized spacial score (nSPS) is 16.3. The summed E-state index contributed by atoms with van der Waals surface area (Å²) in [4.78, 5) is 43.2. The Morgan fingerprint density at radius 2 is 1.67 bits per heavy atom. The molecule has 36 heavy (non-hydrogen) atoms. The van der Waals surface area contributed by atoms with Crippen LogP contribution in [0.1, 0.15) is 59.1 Å². The summed E-state index contributed by atoms with van der Waals surface area (Å²) in [5, 5.41) is 2.69. The molecule has 1 heterocycles. The van der Waals surface area contributed by atoms with E-state index in [-0.39, 0.29) is 30.8 Å². The van der Waals surface area contributed by atoms with Crippen molar-refractivity contribution < 1.29 is 23.5 Å². The molecule has 1 atom stereocenters. The summed E-state index contributed by atoms with van der Waals surface area (Å²) >= 11 is 0. The predicted octanol–water partition coefficient (Wildman–Crippen LogP) is 5.03. The van der Waals surface area contributed by atoms with E-state index < -0.39 is 29.5 Å². The van der Waals surface area contributed by atoms with Crippen molar-refractivity contribution in [2.75, 3.05) is 11.4 Å². The molecule has 2 aromatic rings. The molecule has 194 valence electrons.